The van der Waals surface area contributed by atoms with Crippen molar-refractivity contribution < 1.29 is 19.1 Å². The van der Waals surface area contributed by atoms with Gasteiger partial charge in [0.05, 0.1) is 10.6 Å². The number of carbonyl (C=O) groups is 2. The highest BCUT2D eigenvalue weighted by Crippen LogP contribution is 2.42. The zero-order valence-corrected chi connectivity index (χ0v) is 15.8. The smallest absolute Gasteiger partial charge is 0.265 e. The van der Waals surface area contributed by atoms with Crippen LogP contribution in [-0.2, 0) is 11.4 Å². The molecule has 3 aromatic rings. The Bertz CT molecular complexity index is 1120. The van der Waals surface area contributed by atoms with Crippen molar-refractivity contribution in [2.75, 3.05) is 10.6 Å². The zero-order valence-electron chi connectivity index (χ0n) is 14.9. The molecule has 140 valence electrons. The lowest BCUT2D eigenvalue weighted by Gasteiger charge is -2.23. The Balaban J connectivity index is 1.40. The number of anilines is 2. The van der Waals surface area contributed by atoms with Crippen LogP contribution < -0.4 is 20.1 Å². The van der Waals surface area contributed by atoms with Crippen LogP contribution in [0.1, 0.15) is 22.2 Å². The van der Waals surface area contributed by atoms with Gasteiger partial charge in [-0.05, 0) is 43.3 Å². The molecule has 3 heterocycles. The number of nitrogens with one attached hydrogen (secondary N) is 2. The van der Waals surface area contributed by atoms with Gasteiger partial charge >= 0.3 is 0 Å². The van der Waals surface area contributed by atoms with Crippen LogP contribution in [0, 0.1) is 0 Å². The second-order valence-electron chi connectivity index (χ2n) is 6.66. The fraction of sp³-hybridized carbons (Fsp3) is 0.143. The summed E-state index contributed by atoms with van der Waals surface area (Å²) in [6.07, 6.45) is -0.532. The van der Waals surface area contributed by atoms with Gasteiger partial charge in [-0.1, -0.05) is 12.1 Å². The number of amides is 2. The van der Waals surface area contributed by atoms with Crippen LogP contribution >= 0.6 is 11.3 Å². The summed E-state index contributed by atoms with van der Waals surface area (Å²) in [6, 6.07) is 14.9. The number of hydrogen-bond donors (Lipinski definition) is 2. The maximum atomic E-state index is 12.8. The van der Waals surface area contributed by atoms with Crippen molar-refractivity contribution in [2.45, 2.75) is 19.6 Å². The number of benzene rings is 2. The van der Waals surface area contributed by atoms with E-state index in [1.165, 1.54) is 11.3 Å². The van der Waals surface area contributed by atoms with Crippen molar-refractivity contribution in [3.8, 4) is 21.9 Å². The van der Waals surface area contributed by atoms with Gasteiger partial charge in [0.2, 0.25) is 0 Å². The van der Waals surface area contributed by atoms with Crippen molar-refractivity contribution in [1.29, 1.82) is 0 Å². The van der Waals surface area contributed by atoms with Gasteiger partial charge in [-0.2, -0.15) is 0 Å². The van der Waals surface area contributed by atoms with E-state index >= 15 is 0 Å². The third-order valence-electron chi connectivity index (χ3n) is 4.72. The number of thiophene rings is 1. The summed E-state index contributed by atoms with van der Waals surface area (Å²) in [5, 5.41) is 5.68. The van der Waals surface area contributed by atoms with Crippen LogP contribution in [-0.4, -0.2) is 17.9 Å². The molecule has 7 heteroatoms. The van der Waals surface area contributed by atoms with Gasteiger partial charge in [0.25, 0.3) is 11.8 Å². The Morgan fingerprint density at radius 3 is 2.93 bits per heavy atom. The lowest BCUT2D eigenvalue weighted by molar-refractivity contribution is -0.122. The van der Waals surface area contributed by atoms with E-state index in [0.717, 1.165) is 21.8 Å². The molecule has 0 unspecified atom stereocenters. The van der Waals surface area contributed by atoms with Gasteiger partial charge in [0.15, 0.2) is 6.10 Å². The fourth-order valence-corrected chi connectivity index (χ4v) is 4.38. The Hall–Kier alpha value is -3.32. The molecule has 5 rings (SSSR count). The topological polar surface area (TPSA) is 76.7 Å². The molecule has 2 aliphatic rings. The molecule has 28 heavy (non-hydrogen) atoms. The minimum Gasteiger partial charge on any atom is -0.488 e. The first-order valence-corrected chi connectivity index (χ1v) is 9.68. The molecule has 0 saturated heterocycles. The van der Waals surface area contributed by atoms with E-state index in [4.69, 9.17) is 9.47 Å². The van der Waals surface area contributed by atoms with E-state index in [0.29, 0.717) is 28.6 Å². The Kier molecular flexibility index (Phi) is 3.84. The molecule has 2 N–H and O–H groups in total. The molecule has 0 aliphatic carbocycles. The summed E-state index contributed by atoms with van der Waals surface area (Å²) in [5.74, 6) is 1.02. The standard InChI is InChI=1S/C21H16N2O4S/c1-11-20(24)23-15-9-13(6-7-17(15)27-11)22-21(25)18-8-12-10-26-16-5-3-2-4-14(16)19(12)28-18/h2-9,11H,10H2,1H3,(H,22,25)(H,23,24)/t11-/m0/s1. The van der Waals surface area contributed by atoms with Crippen molar-refractivity contribution in [2.24, 2.45) is 0 Å². The first kappa shape index (κ1) is 16.8. The normalized spacial score (nSPS) is 16.6. The number of hydrogen-bond acceptors (Lipinski definition) is 5. The summed E-state index contributed by atoms with van der Waals surface area (Å²) in [5.41, 5.74) is 3.16. The lowest BCUT2D eigenvalue weighted by Crippen LogP contribution is -2.34. The fourth-order valence-electron chi connectivity index (χ4n) is 3.29. The summed E-state index contributed by atoms with van der Waals surface area (Å²) in [7, 11) is 0. The second kappa shape index (κ2) is 6.38. The van der Waals surface area contributed by atoms with Crippen molar-refractivity contribution in [1.82, 2.24) is 0 Å². The monoisotopic (exact) mass is 392 g/mol. The van der Waals surface area contributed by atoms with Crippen LogP contribution in [0.5, 0.6) is 11.5 Å². The van der Waals surface area contributed by atoms with Gasteiger partial charge in [-0.3, -0.25) is 9.59 Å². The number of ether oxygens (including phenoxy) is 2. The summed E-state index contributed by atoms with van der Waals surface area (Å²) in [4.78, 5) is 26.2. The third-order valence-corrected chi connectivity index (χ3v) is 5.93. The summed E-state index contributed by atoms with van der Waals surface area (Å²) < 4.78 is 11.3. The van der Waals surface area contributed by atoms with Gasteiger partial charge in [-0.15, -0.1) is 11.3 Å². The second-order valence-corrected chi connectivity index (χ2v) is 7.72. The lowest BCUT2D eigenvalue weighted by atomic mass is 10.1. The summed E-state index contributed by atoms with van der Waals surface area (Å²) >= 11 is 1.45. The first-order chi connectivity index (χ1) is 13.6. The first-order valence-electron chi connectivity index (χ1n) is 8.86. The Morgan fingerprint density at radius 2 is 2.04 bits per heavy atom. The van der Waals surface area contributed by atoms with Crippen molar-refractivity contribution in [3.05, 3.63) is 59.0 Å². The molecule has 2 aliphatic heterocycles. The minimum absolute atomic E-state index is 0.201. The van der Waals surface area contributed by atoms with E-state index in [1.54, 1.807) is 25.1 Å². The highest BCUT2D eigenvalue weighted by atomic mass is 32.1. The molecule has 0 bridgehead atoms. The molecule has 2 amide bonds. The highest BCUT2D eigenvalue weighted by molar-refractivity contribution is 7.17. The maximum Gasteiger partial charge on any atom is 0.265 e. The van der Waals surface area contributed by atoms with Crippen molar-refractivity contribution in [3.63, 3.8) is 0 Å². The van der Waals surface area contributed by atoms with Crippen LogP contribution in [0.3, 0.4) is 0 Å². The molecule has 0 saturated carbocycles. The van der Waals surface area contributed by atoms with E-state index in [2.05, 4.69) is 10.6 Å². The van der Waals surface area contributed by atoms with Crippen LogP contribution in [0.15, 0.2) is 48.5 Å². The van der Waals surface area contributed by atoms with E-state index in [1.807, 2.05) is 30.3 Å². The predicted octanol–water partition coefficient (Wildman–Crippen LogP) is 4.28. The Morgan fingerprint density at radius 1 is 1.18 bits per heavy atom. The number of para-hydroxylation sites is 1. The quantitative estimate of drug-likeness (QED) is 0.683. The highest BCUT2D eigenvalue weighted by Gasteiger charge is 2.25. The van der Waals surface area contributed by atoms with Gasteiger partial charge in [-0.25, -0.2) is 0 Å². The number of fused-ring (bicyclic) bond motifs is 4. The molecule has 2 aromatic carbocycles. The molecule has 0 spiro atoms. The Labute approximate surface area is 165 Å². The van der Waals surface area contributed by atoms with Gasteiger partial charge < -0.3 is 20.1 Å². The predicted molar refractivity (Wildman–Crippen MR) is 107 cm³/mol. The van der Waals surface area contributed by atoms with Crippen molar-refractivity contribution >= 4 is 34.5 Å². The molecule has 6 nitrogen and oxygen atoms in total. The average Bonchev–Trinajstić information content (AvgIpc) is 3.14. The van der Waals surface area contributed by atoms with E-state index in [-0.39, 0.29) is 11.8 Å². The SMILES string of the molecule is C[C@@H]1Oc2ccc(NC(=O)c3cc4c(s3)-c3ccccc3OC4)cc2NC1=O. The molecule has 1 aromatic heterocycles. The van der Waals surface area contributed by atoms with Crippen LogP contribution in [0.25, 0.3) is 10.4 Å². The zero-order chi connectivity index (χ0) is 19.3. The molecule has 1 atom stereocenters. The number of rotatable bonds is 2. The average molecular weight is 392 g/mol. The van der Waals surface area contributed by atoms with E-state index < -0.39 is 6.10 Å². The maximum absolute atomic E-state index is 12.8. The van der Waals surface area contributed by atoms with Gasteiger partial charge in [0.1, 0.15) is 18.1 Å². The van der Waals surface area contributed by atoms with E-state index in [9.17, 15) is 9.59 Å². The summed E-state index contributed by atoms with van der Waals surface area (Å²) in [6.45, 7) is 2.14. The van der Waals surface area contributed by atoms with Crippen LogP contribution in [0.2, 0.25) is 0 Å². The largest absolute Gasteiger partial charge is 0.488 e. The molecule has 0 radical (unpaired) electrons. The third kappa shape index (κ3) is 2.80. The minimum atomic E-state index is -0.532. The molecular formula is C21H16N2O4S. The number of carbonyl (C=O) groups excluding carboxylic acids is 2. The molecular weight excluding hydrogens is 376 g/mol. The van der Waals surface area contributed by atoms with Crippen LogP contribution in [0.4, 0.5) is 11.4 Å². The molecule has 0 fully saturated rings. The van der Waals surface area contributed by atoms with Gasteiger partial charge in [0, 0.05) is 21.7 Å².